The standard InChI is InChI=1S/C47H34N4S/c1-3-37-41(4-2)52-42-25-10-9-22-38(42)47(37)39-23-12-19-33(36-27-48-26-30-15-6-8-18-32(30)36)43(39)44-35(21-13-24-40(44)47)46-50-28-49-45(51-46)34-20-11-16-29-14-5-7-17-31(29)34/h3-8,12-15,17-28H,1-2,9-11,16H2. The lowest BCUT2D eigenvalue weighted by Crippen LogP contribution is -2.34. The van der Waals surface area contributed by atoms with E-state index in [0.717, 1.165) is 69.4 Å². The lowest BCUT2D eigenvalue weighted by Gasteiger charge is -2.43. The molecule has 1 atom stereocenters. The summed E-state index contributed by atoms with van der Waals surface area (Å²) in [7, 11) is 0. The van der Waals surface area contributed by atoms with Gasteiger partial charge >= 0.3 is 0 Å². The van der Waals surface area contributed by atoms with Crippen LogP contribution in [0.15, 0.2) is 168 Å². The number of fused-ring (bicyclic) bond motifs is 9. The zero-order valence-corrected chi connectivity index (χ0v) is 29.5. The van der Waals surface area contributed by atoms with Crippen molar-refractivity contribution < 1.29 is 0 Å². The molecule has 1 aliphatic heterocycles. The number of pyridine rings is 1. The van der Waals surface area contributed by atoms with Gasteiger partial charge in [0.2, 0.25) is 0 Å². The van der Waals surface area contributed by atoms with Gasteiger partial charge in [0.05, 0.1) is 5.41 Å². The molecule has 4 aliphatic rings. The van der Waals surface area contributed by atoms with Crippen molar-refractivity contribution in [3.8, 4) is 33.6 Å². The molecule has 0 saturated carbocycles. The summed E-state index contributed by atoms with van der Waals surface area (Å²) in [5.41, 5.74) is 13.4. The Morgan fingerprint density at radius 3 is 2.27 bits per heavy atom. The van der Waals surface area contributed by atoms with E-state index in [4.69, 9.17) is 19.9 Å². The molecule has 4 nitrogen and oxygen atoms in total. The van der Waals surface area contributed by atoms with Crippen LogP contribution in [-0.2, 0) is 11.8 Å². The minimum Gasteiger partial charge on any atom is -0.263 e. The molecule has 3 aliphatic carbocycles. The fraction of sp³-hybridized carbons (Fsp3) is 0.106. The second-order valence-electron chi connectivity index (χ2n) is 13.6. The SMILES string of the molecule is C=CC1=C(C=C)C2(C3=CCCC=C3S1)c1cccc(-c3ncnc(C4=CCCc5ccccc54)n3)c1-c1c(-c3cncc4ccccc34)cccc12. The Morgan fingerprint density at radius 2 is 1.40 bits per heavy atom. The Bertz CT molecular complexity index is 2650. The number of hydrogen-bond donors (Lipinski definition) is 0. The molecule has 52 heavy (non-hydrogen) atoms. The van der Waals surface area contributed by atoms with E-state index in [2.05, 4.69) is 122 Å². The van der Waals surface area contributed by atoms with E-state index in [1.165, 1.54) is 43.7 Å². The zero-order valence-electron chi connectivity index (χ0n) is 28.6. The Balaban J connectivity index is 1.31. The molecule has 1 spiro atoms. The van der Waals surface area contributed by atoms with Crippen LogP contribution in [-0.4, -0.2) is 19.9 Å². The van der Waals surface area contributed by atoms with Gasteiger partial charge in [-0.15, -0.1) is 0 Å². The molecule has 6 aromatic rings. The Morgan fingerprint density at radius 1 is 0.654 bits per heavy atom. The number of aryl methyl sites for hydroxylation is 1. The third-order valence-corrected chi connectivity index (χ3v) is 12.3. The maximum atomic E-state index is 5.27. The molecular formula is C47H34N4S. The molecule has 2 aromatic heterocycles. The smallest absolute Gasteiger partial charge is 0.164 e. The highest BCUT2D eigenvalue weighted by atomic mass is 32.2. The molecule has 0 N–H and O–H groups in total. The van der Waals surface area contributed by atoms with E-state index in [-0.39, 0.29) is 0 Å². The summed E-state index contributed by atoms with van der Waals surface area (Å²) < 4.78 is 0. The van der Waals surface area contributed by atoms with E-state index in [0.29, 0.717) is 11.6 Å². The minimum atomic E-state index is -0.599. The van der Waals surface area contributed by atoms with Gasteiger partial charge in [-0.3, -0.25) is 4.98 Å². The molecule has 0 fully saturated rings. The highest BCUT2D eigenvalue weighted by Gasteiger charge is 2.53. The van der Waals surface area contributed by atoms with Crippen molar-refractivity contribution in [3.63, 3.8) is 0 Å². The van der Waals surface area contributed by atoms with Crippen LogP contribution in [0.3, 0.4) is 0 Å². The van der Waals surface area contributed by atoms with Crippen LogP contribution < -0.4 is 0 Å². The number of thioether (sulfide) groups is 1. The van der Waals surface area contributed by atoms with Crippen molar-refractivity contribution >= 4 is 28.1 Å². The Hall–Kier alpha value is -5.91. The summed E-state index contributed by atoms with van der Waals surface area (Å²) in [5, 5.41) is 2.27. The van der Waals surface area contributed by atoms with Gasteiger partial charge in [-0.05, 0) is 81.2 Å². The van der Waals surface area contributed by atoms with Gasteiger partial charge in [0.1, 0.15) is 6.33 Å². The van der Waals surface area contributed by atoms with Gasteiger partial charge in [-0.1, -0.05) is 140 Å². The van der Waals surface area contributed by atoms with Crippen LogP contribution in [0.2, 0.25) is 0 Å². The van der Waals surface area contributed by atoms with E-state index >= 15 is 0 Å². The summed E-state index contributed by atoms with van der Waals surface area (Å²) in [6, 6.07) is 30.5. The minimum absolute atomic E-state index is 0.599. The van der Waals surface area contributed by atoms with Gasteiger partial charge < -0.3 is 0 Å². The lowest BCUT2D eigenvalue weighted by atomic mass is 9.65. The lowest BCUT2D eigenvalue weighted by molar-refractivity contribution is 0.741. The molecule has 0 saturated heterocycles. The largest absolute Gasteiger partial charge is 0.263 e. The number of rotatable bonds is 5. The van der Waals surface area contributed by atoms with Crippen molar-refractivity contribution in [2.24, 2.45) is 0 Å². The maximum Gasteiger partial charge on any atom is 0.164 e. The van der Waals surface area contributed by atoms with Gasteiger partial charge in [0.25, 0.3) is 0 Å². The van der Waals surface area contributed by atoms with Gasteiger partial charge in [-0.25, -0.2) is 15.0 Å². The van der Waals surface area contributed by atoms with Crippen molar-refractivity contribution in [3.05, 3.63) is 196 Å². The predicted molar refractivity (Wildman–Crippen MR) is 214 cm³/mol. The fourth-order valence-corrected chi connectivity index (χ4v) is 10.2. The average molecular weight is 687 g/mol. The third-order valence-electron chi connectivity index (χ3n) is 11.1. The quantitative estimate of drug-likeness (QED) is 0.181. The van der Waals surface area contributed by atoms with Crippen LogP contribution in [0, 0.1) is 0 Å². The van der Waals surface area contributed by atoms with Crippen LogP contribution in [0.25, 0.3) is 50.0 Å². The summed E-state index contributed by atoms with van der Waals surface area (Å²) in [6.07, 6.45) is 20.8. The number of benzene rings is 4. The molecule has 3 heterocycles. The van der Waals surface area contributed by atoms with E-state index in [1.54, 1.807) is 6.33 Å². The molecule has 5 heteroatoms. The molecule has 0 radical (unpaired) electrons. The molecular weight excluding hydrogens is 653 g/mol. The van der Waals surface area contributed by atoms with Gasteiger partial charge in [0.15, 0.2) is 11.6 Å². The highest BCUT2D eigenvalue weighted by Crippen LogP contribution is 2.66. The summed E-state index contributed by atoms with van der Waals surface area (Å²) >= 11 is 1.81. The van der Waals surface area contributed by atoms with Crippen molar-refractivity contribution in [2.45, 2.75) is 31.1 Å². The maximum absolute atomic E-state index is 5.27. The first-order valence-corrected chi connectivity index (χ1v) is 18.7. The van der Waals surface area contributed by atoms with Crippen molar-refractivity contribution in [1.82, 2.24) is 19.9 Å². The summed E-state index contributed by atoms with van der Waals surface area (Å²) in [6.45, 7) is 8.76. The van der Waals surface area contributed by atoms with Crippen LogP contribution in [0.1, 0.15) is 47.3 Å². The number of nitrogens with zero attached hydrogens (tertiary/aromatic N) is 4. The van der Waals surface area contributed by atoms with E-state index in [1.807, 2.05) is 30.2 Å². The van der Waals surface area contributed by atoms with Crippen LogP contribution in [0.5, 0.6) is 0 Å². The molecule has 0 amide bonds. The van der Waals surface area contributed by atoms with Crippen LogP contribution in [0.4, 0.5) is 0 Å². The van der Waals surface area contributed by atoms with Gasteiger partial charge in [-0.2, -0.15) is 0 Å². The second-order valence-corrected chi connectivity index (χ2v) is 14.7. The molecule has 10 rings (SSSR count). The molecule has 248 valence electrons. The number of hydrogen-bond acceptors (Lipinski definition) is 5. The third kappa shape index (κ3) is 4.36. The highest BCUT2D eigenvalue weighted by molar-refractivity contribution is 8.07. The topological polar surface area (TPSA) is 51.6 Å². The predicted octanol–water partition coefficient (Wildman–Crippen LogP) is 11.4. The van der Waals surface area contributed by atoms with Gasteiger partial charge in [0, 0.05) is 44.3 Å². The molecule has 4 aromatic carbocycles. The summed E-state index contributed by atoms with van der Waals surface area (Å²) in [5.74, 6) is 1.36. The summed E-state index contributed by atoms with van der Waals surface area (Å²) in [4.78, 5) is 22.1. The van der Waals surface area contributed by atoms with E-state index in [9.17, 15) is 0 Å². The second kappa shape index (κ2) is 12.1. The Kier molecular flexibility index (Phi) is 7.19. The fourth-order valence-electron chi connectivity index (χ4n) is 8.98. The first kappa shape index (κ1) is 30.9. The zero-order chi connectivity index (χ0) is 34.8. The average Bonchev–Trinajstić information content (AvgIpc) is 3.51. The molecule has 0 bridgehead atoms. The van der Waals surface area contributed by atoms with E-state index < -0.39 is 5.41 Å². The number of allylic oxidation sites excluding steroid dienone is 7. The first-order valence-electron chi connectivity index (χ1n) is 17.9. The monoisotopic (exact) mass is 686 g/mol. The normalized spacial score (nSPS) is 18.5. The van der Waals surface area contributed by atoms with Crippen molar-refractivity contribution in [1.29, 1.82) is 0 Å². The van der Waals surface area contributed by atoms with Crippen molar-refractivity contribution in [2.75, 3.05) is 0 Å². The van der Waals surface area contributed by atoms with Crippen LogP contribution >= 0.6 is 11.8 Å². The first-order chi connectivity index (χ1) is 25.7. The number of aromatic nitrogens is 4. The Labute approximate surface area is 307 Å². The molecule has 1 unspecified atom stereocenters.